The van der Waals surface area contributed by atoms with Crippen molar-refractivity contribution in [2.75, 3.05) is 7.11 Å². The molecule has 0 N–H and O–H groups in total. The predicted molar refractivity (Wildman–Crippen MR) is 78.4 cm³/mol. The van der Waals surface area contributed by atoms with Crippen LogP contribution in [0.4, 0.5) is 0 Å². The summed E-state index contributed by atoms with van der Waals surface area (Å²) in [6.07, 6.45) is 9.31. The molecule has 0 spiro atoms. The fraction of sp³-hybridized carbons (Fsp3) is 1.00. The first-order valence-electron chi connectivity index (χ1n) is 7.93. The standard InChI is InChI=1S/C15H30O2Si/c1-4-9-18(16-3,10-5-2)11-8-13-6-7-14-15(12-13)17-14/h13-15H,4-12H2,1-3H3. The van der Waals surface area contributed by atoms with Crippen LogP contribution in [0.15, 0.2) is 0 Å². The van der Waals surface area contributed by atoms with Crippen LogP contribution in [0, 0.1) is 5.92 Å². The van der Waals surface area contributed by atoms with Gasteiger partial charge in [-0.05, 0) is 43.3 Å². The Kier molecular flexibility index (Phi) is 5.28. The third-order valence-corrected chi connectivity index (χ3v) is 9.85. The first kappa shape index (κ1) is 14.5. The second-order valence-electron chi connectivity index (χ2n) is 6.32. The van der Waals surface area contributed by atoms with Crippen molar-refractivity contribution in [3.63, 3.8) is 0 Å². The Morgan fingerprint density at radius 3 is 2.33 bits per heavy atom. The van der Waals surface area contributed by atoms with Gasteiger partial charge in [-0.15, -0.1) is 0 Å². The van der Waals surface area contributed by atoms with Crippen LogP contribution >= 0.6 is 0 Å². The number of hydrogen-bond acceptors (Lipinski definition) is 2. The Bertz CT molecular complexity index is 251. The molecule has 2 aliphatic rings. The highest BCUT2D eigenvalue weighted by Crippen LogP contribution is 2.42. The van der Waals surface area contributed by atoms with Crippen LogP contribution in [-0.4, -0.2) is 27.6 Å². The maximum Gasteiger partial charge on any atom is 0.192 e. The van der Waals surface area contributed by atoms with Crippen molar-refractivity contribution in [2.24, 2.45) is 5.92 Å². The zero-order valence-corrected chi connectivity index (χ0v) is 13.4. The zero-order valence-electron chi connectivity index (χ0n) is 12.4. The van der Waals surface area contributed by atoms with Crippen LogP contribution in [0.1, 0.15) is 52.4 Å². The van der Waals surface area contributed by atoms with E-state index in [0.29, 0.717) is 12.2 Å². The maximum atomic E-state index is 6.05. The minimum atomic E-state index is -1.40. The minimum Gasteiger partial charge on any atom is -0.420 e. The quantitative estimate of drug-likeness (QED) is 0.483. The van der Waals surface area contributed by atoms with E-state index in [2.05, 4.69) is 13.8 Å². The molecular formula is C15H30O2Si. The van der Waals surface area contributed by atoms with Crippen molar-refractivity contribution < 1.29 is 9.16 Å². The van der Waals surface area contributed by atoms with E-state index < -0.39 is 8.32 Å². The van der Waals surface area contributed by atoms with Crippen molar-refractivity contribution >= 4 is 8.32 Å². The van der Waals surface area contributed by atoms with Gasteiger partial charge in [0.25, 0.3) is 0 Å². The molecule has 1 aliphatic carbocycles. The third kappa shape index (κ3) is 3.58. The third-order valence-electron chi connectivity index (χ3n) is 4.97. The summed E-state index contributed by atoms with van der Waals surface area (Å²) in [7, 11) is 0.568. The molecule has 3 atom stereocenters. The Morgan fingerprint density at radius 1 is 1.06 bits per heavy atom. The van der Waals surface area contributed by atoms with E-state index in [0.717, 1.165) is 5.92 Å². The summed E-state index contributed by atoms with van der Waals surface area (Å²) < 4.78 is 11.7. The van der Waals surface area contributed by atoms with Gasteiger partial charge in [0, 0.05) is 7.11 Å². The van der Waals surface area contributed by atoms with Crippen LogP contribution < -0.4 is 0 Å². The number of epoxide rings is 1. The van der Waals surface area contributed by atoms with E-state index in [4.69, 9.17) is 9.16 Å². The van der Waals surface area contributed by atoms with Gasteiger partial charge in [0.05, 0.1) is 12.2 Å². The fourth-order valence-corrected chi connectivity index (χ4v) is 7.93. The van der Waals surface area contributed by atoms with Crippen molar-refractivity contribution in [3.05, 3.63) is 0 Å². The summed E-state index contributed by atoms with van der Waals surface area (Å²) in [4.78, 5) is 0. The Labute approximate surface area is 114 Å². The summed E-state index contributed by atoms with van der Waals surface area (Å²) in [5.74, 6) is 0.921. The lowest BCUT2D eigenvalue weighted by atomic mass is 9.87. The van der Waals surface area contributed by atoms with Gasteiger partial charge >= 0.3 is 0 Å². The minimum absolute atomic E-state index is 0.639. The molecule has 2 rings (SSSR count). The number of hydrogen-bond donors (Lipinski definition) is 0. The second kappa shape index (κ2) is 6.53. The van der Waals surface area contributed by atoms with Gasteiger partial charge in [0.15, 0.2) is 8.32 Å². The Hall–Kier alpha value is 0.137. The molecule has 1 saturated heterocycles. The van der Waals surface area contributed by atoms with Crippen LogP contribution in [0.2, 0.25) is 18.1 Å². The van der Waals surface area contributed by atoms with E-state index in [9.17, 15) is 0 Å². The smallest absolute Gasteiger partial charge is 0.192 e. The molecule has 3 unspecified atom stereocenters. The van der Waals surface area contributed by atoms with E-state index in [1.165, 1.54) is 56.7 Å². The van der Waals surface area contributed by atoms with Gasteiger partial charge in [0.1, 0.15) is 0 Å². The molecule has 106 valence electrons. The number of ether oxygens (including phenoxy) is 1. The Morgan fingerprint density at radius 2 is 1.78 bits per heavy atom. The van der Waals surface area contributed by atoms with Gasteiger partial charge in [0.2, 0.25) is 0 Å². The number of fused-ring (bicyclic) bond motifs is 1. The molecule has 0 amide bonds. The second-order valence-corrected chi connectivity index (χ2v) is 10.6. The van der Waals surface area contributed by atoms with E-state index in [-0.39, 0.29) is 0 Å². The van der Waals surface area contributed by atoms with E-state index >= 15 is 0 Å². The maximum absolute atomic E-state index is 6.05. The lowest BCUT2D eigenvalue weighted by Gasteiger charge is -2.31. The Balaban J connectivity index is 1.79. The predicted octanol–water partition coefficient (Wildman–Crippen LogP) is 4.36. The molecule has 1 saturated carbocycles. The molecule has 0 aromatic heterocycles. The van der Waals surface area contributed by atoms with Crippen molar-refractivity contribution in [1.29, 1.82) is 0 Å². The molecule has 18 heavy (non-hydrogen) atoms. The van der Waals surface area contributed by atoms with Crippen LogP contribution in [0.3, 0.4) is 0 Å². The lowest BCUT2D eigenvalue weighted by Crippen LogP contribution is -2.37. The topological polar surface area (TPSA) is 21.8 Å². The molecule has 0 bridgehead atoms. The molecule has 0 aromatic rings. The van der Waals surface area contributed by atoms with Crippen molar-refractivity contribution in [1.82, 2.24) is 0 Å². The van der Waals surface area contributed by atoms with Gasteiger partial charge < -0.3 is 9.16 Å². The molecule has 2 nitrogen and oxygen atoms in total. The van der Waals surface area contributed by atoms with Crippen molar-refractivity contribution in [2.45, 2.75) is 82.7 Å². The molecule has 2 fully saturated rings. The van der Waals surface area contributed by atoms with Gasteiger partial charge in [-0.1, -0.05) is 33.1 Å². The highest BCUT2D eigenvalue weighted by molar-refractivity contribution is 6.73. The summed E-state index contributed by atoms with van der Waals surface area (Å²) in [6, 6.07) is 4.09. The van der Waals surface area contributed by atoms with Gasteiger partial charge in [-0.25, -0.2) is 0 Å². The monoisotopic (exact) mass is 270 g/mol. The first-order valence-corrected chi connectivity index (χ1v) is 10.5. The normalized spacial score (nSPS) is 31.2. The molecule has 1 aliphatic heterocycles. The van der Waals surface area contributed by atoms with Gasteiger partial charge in [-0.3, -0.25) is 0 Å². The molecule has 3 heteroatoms. The molecular weight excluding hydrogens is 240 g/mol. The lowest BCUT2D eigenvalue weighted by molar-refractivity contribution is 0.344. The largest absolute Gasteiger partial charge is 0.420 e. The van der Waals surface area contributed by atoms with E-state index in [1.807, 2.05) is 7.11 Å². The van der Waals surface area contributed by atoms with Crippen LogP contribution in [0.5, 0.6) is 0 Å². The summed E-state index contributed by atoms with van der Waals surface area (Å²) in [5, 5.41) is 0. The highest BCUT2D eigenvalue weighted by atomic mass is 28.4. The summed E-state index contributed by atoms with van der Waals surface area (Å²) in [6.45, 7) is 4.61. The van der Waals surface area contributed by atoms with Gasteiger partial charge in [-0.2, -0.15) is 0 Å². The zero-order chi connectivity index (χ0) is 13.0. The number of rotatable bonds is 8. The molecule has 0 aromatic carbocycles. The summed E-state index contributed by atoms with van der Waals surface area (Å²) >= 11 is 0. The van der Waals surface area contributed by atoms with Crippen LogP contribution in [-0.2, 0) is 9.16 Å². The highest BCUT2D eigenvalue weighted by Gasteiger charge is 2.44. The molecule has 1 heterocycles. The molecule has 0 radical (unpaired) electrons. The van der Waals surface area contributed by atoms with Crippen molar-refractivity contribution in [3.8, 4) is 0 Å². The average molecular weight is 270 g/mol. The summed E-state index contributed by atoms with van der Waals surface area (Å²) in [5.41, 5.74) is 0. The van der Waals surface area contributed by atoms with Crippen LogP contribution in [0.25, 0.3) is 0 Å². The fourth-order valence-electron chi connectivity index (χ4n) is 3.81. The SMILES string of the molecule is CCC[Si](CCC)(CCC1CCC2OC2C1)OC. The average Bonchev–Trinajstić information content (AvgIpc) is 3.15. The van der Waals surface area contributed by atoms with E-state index in [1.54, 1.807) is 0 Å². The first-order chi connectivity index (χ1) is 8.73.